The van der Waals surface area contributed by atoms with Crippen molar-refractivity contribution in [1.82, 2.24) is 5.32 Å². The van der Waals surface area contributed by atoms with Crippen molar-refractivity contribution in [1.29, 1.82) is 0 Å². The third kappa shape index (κ3) is 5.93. The number of hydrogen-bond donors (Lipinski definition) is 2. The minimum atomic E-state index is -0.210. The van der Waals surface area contributed by atoms with Crippen LogP contribution in [0.3, 0.4) is 0 Å². The van der Waals surface area contributed by atoms with Crippen LogP contribution in [0.15, 0.2) is 48.5 Å². The lowest BCUT2D eigenvalue weighted by Crippen LogP contribution is -2.34. The minimum absolute atomic E-state index is 0. The molecular weight excluding hydrogens is 352 g/mol. The molecule has 2 rings (SSSR count). The zero-order valence-corrected chi connectivity index (χ0v) is 16.2. The molecule has 1 amide bonds. The van der Waals surface area contributed by atoms with Crippen molar-refractivity contribution < 1.29 is 14.3 Å². The normalized spacial score (nSPS) is 12.5. The summed E-state index contributed by atoms with van der Waals surface area (Å²) in [7, 11) is 1.61. The highest BCUT2D eigenvalue weighted by Gasteiger charge is 2.16. The molecule has 0 aliphatic heterocycles. The molecule has 0 bridgehead atoms. The molecule has 0 spiro atoms. The highest BCUT2D eigenvalue weighted by Crippen LogP contribution is 2.31. The van der Waals surface area contributed by atoms with Crippen LogP contribution in [0, 0.1) is 5.92 Å². The number of benzene rings is 2. The maximum absolute atomic E-state index is 12.0. The van der Waals surface area contributed by atoms with E-state index in [1.54, 1.807) is 7.11 Å². The van der Waals surface area contributed by atoms with E-state index in [0.29, 0.717) is 24.7 Å². The molecule has 0 aromatic heterocycles. The first-order valence-corrected chi connectivity index (χ1v) is 8.40. The summed E-state index contributed by atoms with van der Waals surface area (Å²) in [4.78, 5) is 12.0. The number of halogens is 1. The fourth-order valence-corrected chi connectivity index (χ4v) is 2.35. The lowest BCUT2D eigenvalue weighted by Gasteiger charge is -2.19. The van der Waals surface area contributed by atoms with E-state index < -0.39 is 0 Å². The van der Waals surface area contributed by atoms with Crippen molar-refractivity contribution in [3.8, 4) is 11.5 Å². The minimum Gasteiger partial charge on any atom is -0.493 e. The highest BCUT2D eigenvalue weighted by atomic mass is 35.5. The number of nitrogens with one attached hydrogen (secondary N) is 1. The molecule has 0 aliphatic rings. The molecule has 2 aromatic carbocycles. The van der Waals surface area contributed by atoms with E-state index in [1.165, 1.54) is 0 Å². The summed E-state index contributed by atoms with van der Waals surface area (Å²) in [6, 6.07) is 15.5. The van der Waals surface area contributed by atoms with E-state index >= 15 is 0 Å². The van der Waals surface area contributed by atoms with E-state index in [2.05, 4.69) is 5.32 Å². The van der Waals surface area contributed by atoms with E-state index in [9.17, 15) is 4.79 Å². The molecule has 6 heteroatoms. The Morgan fingerprint density at radius 1 is 1.12 bits per heavy atom. The van der Waals surface area contributed by atoms with Gasteiger partial charge < -0.3 is 20.5 Å². The Kier molecular flexibility index (Phi) is 8.96. The van der Waals surface area contributed by atoms with Gasteiger partial charge in [0.1, 0.15) is 6.61 Å². The predicted molar refractivity (Wildman–Crippen MR) is 106 cm³/mol. The van der Waals surface area contributed by atoms with Gasteiger partial charge in [-0.05, 0) is 30.2 Å². The molecule has 2 aromatic rings. The molecular formula is C20H27ClN2O3. The molecule has 3 N–H and O–H groups in total. The number of carbonyl (C=O) groups excluding carboxylic acids is 1. The smallest absolute Gasteiger partial charge is 0.224 e. The Bertz CT molecular complexity index is 695. The Balaban J connectivity index is 0.00000338. The summed E-state index contributed by atoms with van der Waals surface area (Å²) < 4.78 is 11.3. The average molecular weight is 379 g/mol. The first-order chi connectivity index (χ1) is 12.0. The van der Waals surface area contributed by atoms with Crippen molar-refractivity contribution in [2.45, 2.75) is 26.5 Å². The first-order valence-electron chi connectivity index (χ1n) is 8.40. The number of carbonyl (C=O) groups is 1. The fraction of sp³-hybridized carbons (Fsp3) is 0.350. The van der Waals surface area contributed by atoms with Crippen LogP contribution in [0.5, 0.6) is 11.5 Å². The summed E-state index contributed by atoms with van der Waals surface area (Å²) in [5.41, 5.74) is 7.57. The van der Waals surface area contributed by atoms with Crippen molar-refractivity contribution >= 4 is 18.3 Å². The zero-order chi connectivity index (χ0) is 18.2. The topological polar surface area (TPSA) is 73.6 Å². The maximum atomic E-state index is 12.0. The van der Waals surface area contributed by atoms with Gasteiger partial charge in [0, 0.05) is 12.5 Å². The SMILES string of the molecule is COc1cc(C(C)NC(=O)C(C)CN)ccc1OCc1ccccc1.Cl. The van der Waals surface area contributed by atoms with Gasteiger partial charge in [0.15, 0.2) is 11.5 Å². The maximum Gasteiger partial charge on any atom is 0.224 e. The lowest BCUT2D eigenvalue weighted by molar-refractivity contribution is -0.124. The number of rotatable bonds is 8. The Hall–Kier alpha value is -2.24. The molecule has 2 atom stereocenters. The summed E-state index contributed by atoms with van der Waals surface area (Å²) in [5.74, 6) is 1.04. The second-order valence-electron chi connectivity index (χ2n) is 6.05. The van der Waals surface area contributed by atoms with Crippen molar-refractivity contribution in [2.24, 2.45) is 11.7 Å². The third-order valence-corrected chi connectivity index (χ3v) is 4.08. The Morgan fingerprint density at radius 2 is 1.81 bits per heavy atom. The molecule has 26 heavy (non-hydrogen) atoms. The molecule has 0 radical (unpaired) electrons. The Labute approximate surface area is 161 Å². The number of nitrogens with two attached hydrogens (primary N) is 1. The van der Waals surface area contributed by atoms with Gasteiger partial charge in [-0.1, -0.05) is 43.3 Å². The van der Waals surface area contributed by atoms with Gasteiger partial charge in [0.2, 0.25) is 5.91 Å². The van der Waals surface area contributed by atoms with Gasteiger partial charge in [0.05, 0.1) is 13.2 Å². The van der Waals surface area contributed by atoms with Gasteiger partial charge in [0.25, 0.3) is 0 Å². The summed E-state index contributed by atoms with van der Waals surface area (Å²) in [5, 5.41) is 2.96. The summed E-state index contributed by atoms with van der Waals surface area (Å²) in [6.45, 7) is 4.54. The van der Waals surface area contributed by atoms with Crippen LogP contribution in [-0.2, 0) is 11.4 Å². The Morgan fingerprint density at radius 3 is 2.42 bits per heavy atom. The van der Waals surface area contributed by atoms with E-state index in [0.717, 1.165) is 11.1 Å². The van der Waals surface area contributed by atoms with Crippen molar-refractivity contribution in [3.63, 3.8) is 0 Å². The zero-order valence-electron chi connectivity index (χ0n) is 15.4. The largest absolute Gasteiger partial charge is 0.493 e. The molecule has 2 unspecified atom stereocenters. The molecule has 5 nitrogen and oxygen atoms in total. The van der Waals surface area contributed by atoms with E-state index in [4.69, 9.17) is 15.2 Å². The number of ether oxygens (including phenoxy) is 2. The van der Waals surface area contributed by atoms with E-state index in [-0.39, 0.29) is 30.3 Å². The summed E-state index contributed by atoms with van der Waals surface area (Å²) in [6.07, 6.45) is 0. The van der Waals surface area contributed by atoms with Crippen LogP contribution >= 0.6 is 12.4 Å². The van der Waals surface area contributed by atoms with E-state index in [1.807, 2.05) is 62.4 Å². The highest BCUT2D eigenvalue weighted by molar-refractivity contribution is 5.85. The standard InChI is InChI=1S/C20H26N2O3.ClH/c1-14(12-21)20(23)22-15(2)17-9-10-18(19(11-17)24-3)25-13-16-7-5-4-6-8-16;/h4-11,14-15H,12-13,21H2,1-3H3,(H,22,23);1H. The van der Waals surface area contributed by atoms with Gasteiger partial charge >= 0.3 is 0 Å². The van der Waals surface area contributed by atoms with Crippen LogP contribution in [0.4, 0.5) is 0 Å². The van der Waals surface area contributed by atoms with Crippen molar-refractivity contribution in [3.05, 3.63) is 59.7 Å². The predicted octanol–water partition coefficient (Wildman–Crippen LogP) is 3.47. The molecule has 0 saturated carbocycles. The van der Waals surface area contributed by atoms with Crippen LogP contribution in [0.2, 0.25) is 0 Å². The van der Waals surface area contributed by atoms with Crippen LogP contribution < -0.4 is 20.5 Å². The number of methoxy groups -OCH3 is 1. The molecule has 142 valence electrons. The van der Waals surface area contributed by atoms with Crippen LogP contribution in [0.25, 0.3) is 0 Å². The van der Waals surface area contributed by atoms with Gasteiger partial charge in [-0.15, -0.1) is 12.4 Å². The number of amides is 1. The van der Waals surface area contributed by atoms with Crippen molar-refractivity contribution in [2.75, 3.05) is 13.7 Å². The monoisotopic (exact) mass is 378 g/mol. The average Bonchev–Trinajstić information content (AvgIpc) is 2.66. The number of hydrogen-bond acceptors (Lipinski definition) is 4. The van der Waals surface area contributed by atoms with Gasteiger partial charge in [-0.3, -0.25) is 4.79 Å². The first kappa shape index (κ1) is 21.8. The van der Waals surface area contributed by atoms with Crippen LogP contribution in [-0.4, -0.2) is 19.6 Å². The second kappa shape index (κ2) is 10.7. The van der Waals surface area contributed by atoms with Gasteiger partial charge in [-0.25, -0.2) is 0 Å². The molecule has 0 aliphatic carbocycles. The quantitative estimate of drug-likeness (QED) is 0.737. The molecule has 0 fully saturated rings. The van der Waals surface area contributed by atoms with Gasteiger partial charge in [-0.2, -0.15) is 0 Å². The van der Waals surface area contributed by atoms with Crippen LogP contribution in [0.1, 0.15) is 31.0 Å². The molecule has 0 heterocycles. The molecule has 0 saturated heterocycles. The lowest BCUT2D eigenvalue weighted by atomic mass is 10.1. The second-order valence-corrected chi connectivity index (χ2v) is 6.05. The third-order valence-electron chi connectivity index (χ3n) is 4.08. The summed E-state index contributed by atoms with van der Waals surface area (Å²) >= 11 is 0. The fourth-order valence-electron chi connectivity index (χ4n) is 2.35.